The quantitative estimate of drug-likeness (QED) is 0.581. The molecule has 0 saturated heterocycles. The molecule has 0 aromatic rings. The van der Waals surface area contributed by atoms with Crippen molar-refractivity contribution in [3.8, 4) is 0 Å². The van der Waals surface area contributed by atoms with Crippen molar-refractivity contribution in [1.82, 2.24) is 5.32 Å². The van der Waals surface area contributed by atoms with Gasteiger partial charge in [0.15, 0.2) is 0 Å². The fourth-order valence-electron chi connectivity index (χ4n) is 1.50. The molecule has 0 amide bonds. The zero-order valence-corrected chi connectivity index (χ0v) is 9.88. The molecule has 0 unspecified atom stereocenters. The lowest BCUT2D eigenvalue weighted by atomic mass is 9.84. The highest BCUT2D eigenvalue weighted by molar-refractivity contribution is 4.82. The summed E-state index contributed by atoms with van der Waals surface area (Å²) in [5.74, 6) is 0.221. The van der Waals surface area contributed by atoms with Gasteiger partial charge in [0.1, 0.15) is 0 Å². The molecule has 3 atom stereocenters. The van der Waals surface area contributed by atoms with E-state index in [0.717, 1.165) is 13.0 Å². The van der Waals surface area contributed by atoms with E-state index in [1.165, 1.54) is 0 Å². The first kappa shape index (κ1) is 13.9. The molecule has 3 N–H and O–H groups in total. The molecule has 0 aliphatic carbocycles. The van der Waals surface area contributed by atoms with Gasteiger partial charge in [0, 0.05) is 13.0 Å². The number of hydrogen-bond donors (Lipinski definition) is 3. The van der Waals surface area contributed by atoms with Crippen LogP contribution < -0.4 is 5.32 Å². The molecule has 0 aliphatic rings. The third kappa shape index (κ3) is 4.94. The number of likely N-dealkylation sites (N-methyl/N-ethyl adjacent to an activating group) is 1. The van der Waals surface area contributed by atoms with Gasteiger partial charge >= 0.3 is 0 Å². The maximum Gasteiger partial charge on any atom is 0.0691 e. The van der Waals surface area contributed by atoms with E-state index >= 15 is 0 Å². The fraction of sp³-hybridized carbons (Fsp3) is 1.00. The normalized spacial score (nSPS) is 20.1. The maximum atomic E-state index is 10.1. The van der Waals surface area contributed by atoms with Crippen LogP contribution in [0.25, 0.3) is 0 Å². The topological polar surface area (TPSA) is 52.5 Å². The van der Waals surface area contributed by atoms with Crippen LogP contribution in [0.15, 0.2) is 0 Å². The Morgan fingerprint density at radius 1 is 1.36 bits per heavy atom. The van der Waals surface area contributed by atoms with Crippen LogP contribution in [-0.2, 0) is 0 Å². The zero-order valence-electron chi connectivity index (χ0n) is 9.88. The van der Waals surface area contributed by atoms with Crippen LogP contribution in [0, 0.1) is 5.92 Å². The van der Waals surface area contributed by atoms with Crippen molar-refractivity contribution in [2.45, 2.75) is 52.2 Å². The number of aliphatic hydroxyl groups excluding tert-OH is 1. The van der Waals surface area contributed by atoms with Gasteiger partial charge in [-0.1, -0.05) is 27.2 Å². The standard InChI is InChI=1S/C11H25NO2/c1-5-9(3)11(4,14)7-10(13)8-12-6-2/h9-10,12-14H,5-8H2,1-4H3/t9-,10-,11-/m1/s1. The Labute approximate surface area is 87.5 Å². The predicted molar refractivity (Wildman–Crippen MR) is 59.2 cm³/mol. The number of hydrogen-bond acceptors (Lipinski definition) is 3. The van der Waals surface area contributed by atoms with Crippen molar-refractivity contribution in [1.29, 1.82) is 0 Å². The average molecular weight is 203 g/mol. The van der Waals surface area contributed by atoms with Crippen LogP contribution in [0.4, 0.5) is 0 Å². The first-order valence-corrected chi connectivity index (χ1v) is 5.55. The Bertz CT molecular complexity index is 148. The van der Waals surface area contributed by atoms with Crippen molar-refractivity contribution < 1.29 is 10.2 Å². The molecule has 0 aromatic carbocycles. The van der Waals surface area contributed by atoms with E-state index in [0.29, 0.717) is 13.0 Å². The van der Waals surface area contributed by atoms with Gasteiger partial charge < -0.3 is 15.5 Å². The molecule has 3 heteroatoms. The summed E-state index contributed by atoms with van der Waals surface area (Å²) in [6.07, 6.45) is 0.912. The number of aliphatic hydroxyl groups is 2. The Morgan fingerprint density at radius 2 is 1.93 bits per heavy atom. The van der Waals surface area contributed by atoms with Crippen LogP contribution in [-0.4, -0.2) is 35.0 Å². The molecule has 0 fully saturated rings. The smallest absolute Gasteiger partial charge is 0.0691 e. The molecule has 0 heterocycles. The van der Waals surface area contributed by atoms with Gasteiger partial charge in [-0.15, -0.1) is 0 Å². The summed E-state index contributed by atoms with van der Waals surface area (Å²) in [6.45, 7) is 9.28. The molecule has 0 radical (unpaired) electrons. The zero-order chi connectivity index (χ0) is 11.2. The van der Waals surface area contributed by atoms with E-state index in [2.05, 4.69) is 12.2 Å². The average Bonchev–Trinajstić information content (AvgIpc) is 2.12. The molecule has 0 aromatic heterocycles. The molecule has 0 rings (SSSR count). The second-order valence-electron chi connectivity index (χ2n) is 4.33. The summed E-state index contributed by atoms with van der Waals surface area (Å²) in [5, 5.41) is 22.8. The first-order valence-electron chi connectivity index (χ1n) is 5.55. The molecule has 3 nitrogen and oxygen atoms in total. The van der Waals surface area contributed by atoms with Gasteiger partial charge in [-0.2, -0.15) is 0 Å². The summed E-state index contributed by atoms with van der Waals surface area (Å²) in [7, 11) is 0. The third-order valence-electron chi connectivity index (χ3n) is 2.95. The van der Waals surface area contributed by atoms with Crippen molar-refractivity contribution >= 4 is 0 Å². The second-order valence-corrected chi connectivity index (χ2v) is 4.33. The van der Waals surface area contributed by atoms with Crippen molar-refractivity contribution in [2.24, 2.45) is 5.92 Å². The van der Waals surface area contributed by atoms with Gasteiger partial charge in [-0.3, -0.25) is 0 Å². The molecule has 0 spiro atoms. The molecule has 86 valence electrons. The van der Waals surface area contributed by atoms with E-state index in [1.54, 1.807) is 6.92 Å². The lowest BCUT2D eigenvalue weighted by molar-refractivity contribution is -0.0367. The summed E-state index contributed by atoms with van der Waals surface area (Å²) < 4.78 is 0. The first-order chi connectivity index (χ1) is 6.44. The molecule has 14 heavy (non-hydrogen) atoms. The van der Waals surface area contributed by atoms with Gasteiger partial charge in [-0.05, 0) is 19.4 Å². The second kappa shape index (κ2) is 6.38. The SMILES string of the molecule is CCNC[C@H](O)C[C@@](C)(O)[C@H](C)CC. The lowest BCUT2D eigenvalue weighted by Crippen LogP contribution is -2.39. The molecular weight excluding hydrogens is 178 g/mol. The summed E-state index contributed by atoms with van der Waals surface area (Å²) in [5.41, 5.74) is -0.760. The van der Waals surface area contributed by atoms with E-state index in [4.69, 9.17) is 0 Å². The Hall–Kier alpha value is -0.120. The highest BCUT2D eigenvalue weighted by Gasteiger charge is 2.29. The molecule has 0 aliphatic heterocycles. The minimum absolute atomic E-state index is 0.221. The van der Waals surface area contributed by atoms with Gasteiger partial charge in [0.05, 0.1) is 11.7 Å². The Balaban J connectivity index is 3.94. The van der Waals surface area contributed by atoms with Crippen molar-refractivity contribution in [3.63, 3.8) is 0 Å². The van der Waals surface area contributed by atoms with Crippen LogP contribution >= 0.6 is 0 Å². The van der Waals surface area contributed by atoms with E-state index in [9.17, 15) is 10.2 Å². The largest absolute Gasteiger partial charge is 0.392 e. The fourth-order valence-corrected chi connectivity index (χ4v) is 1.50. The van der Waals surface area contributed by atoms with E-state index < -0.39 is 11.7 Å². The van der Waals surface area contributed by atoms with Crippen LogP contribution in [0.5, 0.6) is 0 Å². The van der Waals surface area contributed by atoms with Gasteiger partial charge in [-0.25, -0.2) is 0 Å². The molecular formula is C11H25NO2. The van der Waals surface area contributed by atoms with Crippen LogP contribution in [0.2, 0.25) is 0 Å². The Kier molecular flexibility index (Phi) is 6.33. The van der Waals surface area contributed by atoms with E-state index in [-0.39, 0.29) is 5.92 Å². The molecule has 0 saturated carbocycles. The summed E-state index contributed by atoms with van der Waals surface area (Å²) in [4.78, 5) is 0. The van der Waals surface area contributed by atoms with Crippen molar-refractivity contribution in [2.75, 3.05) is 13.1 Å². The minimum Gasteiger partial charge on any atom is -0.392 e. The minimum atomic E-state index is -0.760. The summed E-state index contributed by atoms with van der Waals surface area (Å²) >= 11 is 0. The van der Waals surface area contributed by atoms with Crippen LogP contribution in [0.3, 0.4) is 0 Å². The van der Waals surface area contributed by atoms with Gasteiger partial charge in [0.2, 0.25) is 0 Å². The lowest BCUT2D eigenvalue weighted by Gasteiger charge is -2.31. The molecule has 0 bridgehead atoms. The van der Waals surface area contributed by atoms with E-state index in [1.807, 2.05) is 13.8 Å². The van der Waals surface area contributed by atoms with Gasteiger partial charge in [0.25, 0.3) is 0 Å². The highest BCUT2D eigenvalue weighted by Crippen LogP contribution is 2.24. The maximum absolute atomic E-state index is 10.1. The number of rotatable bonds is 7. The Morgan fingerprint density at radius 3 is 2.36 bits per heavy atom. The summed E-state index contributed by atoms with van der Waals surface area (Å²) in [6, 6.07) is 0. The van der Waals surface area contributed by atoms with Crippen molar-refractivity contribution in [3.05, 3.63) is 0 Å². The van der Waals surface area contributed by atoms with Crippen LogP contribution in [0.1, 0.15) is 40.5 Å². The highest BCUT2D eigenvalue weighted by atomic mass is 16.3. The number of nitrogens with one attached hydrogen (secondary N) is 1. The third-order valence-corrected chi connectivity index (χ3v) is 2.95. The monoisotopic (exact) mass is 203 g/mol. The predicted octanol–water partition coefficient (Wildman–Crippen LogP) is 1.14.